The Morgan fingerprint density at radius 2 is 2.50 bits per heavy atom. The summed E-state index contributed by atoms with van der Waals surface area (Å²) in [4.78, 5) is 0. The van der Waals surface area contributed by atoms with Gasteiger partial charge in [0.1, 0.15) is 0 Å². The van der Waals surface area contributed by atoms with Crippen molar-refractivity contribution in [1.29, 1.82) is 0 Å². The molecule has 0 saturated carbocycles. The lowest BCUT2D eigenvalue weighted by Gasteiger charge is -2.08. The molecule has 1 fully saturated rings. The first kappa shape index (κ1) is 7.98. The minimum absolute atomic E-state index is 0.104. The number of rotatable bonds is 4. The predicted molar refractivity (Wildman–Crippen MR) is 36.9 cm³/mol. The van der Waals surface area contributed by atoms with Gasteiger partial charge in [0.15, 0.2) is 0 Å². The standard InChI is InChI=1S/C7H14O3/c8-3-5-9-6-7-2-1-4-10-7/h7-8H,1-6H2. The summed E-state index contributed by atoms with van der Waals surface area (Å²) >= 11 is 0. The van der Waals surface area contributed by atoms with Crippen molar-refractivity contribution in [1.82, 2.24) is 0 Å². The monoisotopic (exact) mass is 146 g/mol. The summed E-state index contributed by atoms with van der Waals surface area (Å²) in [5.74, 6) is 0. The van der Waals surface area contributed by atoms with Crippen molar-refractivity contribution in [3.8, 4) is 0 Å². The third-order valence-corrected chi connectivity index (χ3v) is 1.56. The van der Waals surface area contributed by atoms with Gasteiger partial charge in [0.25, 0.3) is 0 Å². The Kier molecular flexibility index (Phi) is 3.72. The summed E-state index contributed by atoms with van der Waals surface area (Å²) in [6.07, 6.45) is 2.53. The van der Waals surface area contributed by atoms with Crippen LogP contribution in [0.2, 0.25) is 0 Å². The molecular formula is C7H14O3. The summed E-state index contributed by atoms with van der Waals surface area (Å²) in [5.41, 5.74) is 0. The normalized spacial score (nSPS) is 25.5. The molecule has 60 valence electrons. The summed E-state index contributed by atoms with van der Waals surface area (Å²) in [6, 6.07) is 0. The highest BCUT2D eigenvalue weighted by Gasteiger charge is 2.14. The largest absolute Gasteiger partial charge is 0.394 e. The molecule has 1 saturated heterocycles. The minimum Gasteiger partial charge on any atom is -0.394 e. The predicted octanol–water partition coefficient (Wildman–Crippen LogP) is 0.174. The van der Waals surface area contributed by atoms with E-state index in [1.807, 2.05) is 0 Å². The van der Waals surface area contributed by atoms with Crippen molar-refractivity contribution in [2.45, 2.75) is 18.9 Å². The minimum atomic E-state index is 0.104. The molecule has 1 heterocycles. The molecule has 3 heteroatoms. The van der Waals surface area contributed by atoms with Crippen LogP contribution in [0.15, 0.2) is 0 Å². The maximum Gasteiger partial charge on any atom is 0.0809 e. The zero-order chi connectivity index (χ0) is 7.23. The van der Waals surface area contributed by atoms with E-state index in [2.05, 4.69) is 0 Å². The van der Waals surface area contributed by atoms with Crippen molar-refractivity contribution in [2.24, 2.45) is 0 Å². The van der Waals surface area contributed by atoms with E-state index in [0.717, 1.165) is 19.4 Å². The van der Waals surface area contributed by atoms with E-state index in [-0.39, 0.29) is 12.7 Å². The average molecular weight is 146 g/mol. The van der Waals surface area contributed by atoms with Crippen molar-refractivity contribution in [3.05, 3.63) is 0 Å². The van der Waals surface area contributed by atoms with Crippen LogP contribution in [0.3, 0.4) is 0 Å². The number of ether oxygens (including phenoxy) is 2. The number of aliphatic hydroxyl groups excluding tert-OH is 1. The van der Waals surface area contributed by atoms with Crippen LogP contribution in [0.5, 0.6) is 0 Å². The lowest BCUT2D eigenvalue weighted by atomic mass is 10.2. The molecule has 1 atom stereocenters. The molecule has 1 rings (SSSR count). The lowest BCUT2D eigenvalue weighted by molar-refractivity contribution is 0.00603. The highest BCUT2D eigenvalue weighted by Crippen LogP contribution is 2.11. The second-order valence-corrected chi connectivity index (χ2v) is 2.43. The quantitative estimate of drug-likeness (QED) is 0.575. The molecule has 3 nitrogen and oxygen atoms in total. The molecule has 0 spiro atoms. The van der Waals surface area contributed by atoms with Crippen molar-refractivity contribution in [3.63, 3.8) is 0 Å². The molecule has 1 aliphatic heterocycles. The molecule has 1 unspecified atom stereocenters. The van der Waals surface area contributed by atoms with E-state index in [1.54, 1.807) is 0 Å². The fraction of sp³-hybridized carbons (Fsp3) is 1.00. The van der Waals surface area contributed by atoms with Crippen molar-refractivity contribution in [2.75, 3.05) is 26.4 Å². The molecule has 0 radical (unpaired) electrons. The van der Waals surface area contributed by atoms with Gasteiger partial charge in [-0.3, -0.25) is 0 Å². The van der Waals surface area contributed by atoms with Crippen LogP contribution in [0.25, 0.3) is 0 Å². The topological polar surface area (TPSA) is 38.7 Å². The Labute approximate surface area is 60.9 Å². The summed E-state index contributed by atoms with van der Waals surface area (Å²) in [6.45, 7) is 2.04. The Bertz CT molecular complexity index is 78.9. The number of hydrogen-bond donors (Lipinski definition) is 1. The third-order valence-electron chi connectivity index (χ3n) is 1.56. The van der Waals surface area contributed by atoms with Crippen LogP contribution in [0.1, 0.15) is 12.8 Å². The van der Waals surface area contributed by atoms with Gasteiger partial charge < -0.3 is 14.6 Å². The Morgan fingerprint density at radius 1 is 1.60 bits per heavy atom. The van der Waals surface area contributed by atoms with E-state index < -0.39 is 0 Å². The van der Waals surface area contributed by atoms with Gasteiger partial charge in [-0.25, -0.2) is 0 Å². The van der Waals surface area contributed by atoms with Gasteiger partial charge in [-0.2, -0.15) is 0 Å². The van der Waals surface area contributed by atoms with Crippen molar-refractivity contribution < 1.29 is 14.6 Å². The molecule has 0 aromatic carbocycles. The molecule has 0 amide bonds. The first-order chi connectivity index (χ1) is 4.93. The van der Waals surface area contributed by atoms with E-state index in [0.29, 0.717) is 13.2 Å². The first-order valence-electron chi connectivity index (χ1n) is 3.73. The summed E-state index contributed by atoms with van der Waals surface area (Å²) < 4.78 is 10.4. The summed E-state index contributed by atoms with van der Waals surface area (Å²) in [5, 5.41) is 8.37. The molecular weight excluding hydrogens is 132 g/mol. The van der Waals surface area contributed by atoms with Crippen LogP contribution in [0.4, 0.5) is 0 Å². The van der Waals surface area contributed by atoms with Gasteiger partial charge in [0.2, 0.25) is 0 Å². The molecule has 1 N–H and O–H groups in total. The Hall–Kier alpha value is -0.120. The second-order valence-electron chi connectivity index (χ2n) is 2.43. The highest BCUT2D eigenvalue weighted by molar-refractivity contribution is 4.62. The molecule has 10 heavy (non-hydrogen) atoms. The zero-order valence-corrected chi connectivity index (χ0v) is 6.08. The van der Waals surface area contributed by atoms with Gasteiger partial charge >= 0.3 is 0 Å². The van der Waals surface area contributed by atoms with Crippen LogP contribution in [-0.4, -0.2) is 37.6 Å². The van der Waals surface area contributed by atoms with E-state index in [1.165, 1.54) is 0 Å². The van der Waals surface area contributed by atoms with Gasteiger partial charge in [0, 0.05) is 6.61 Å². The van der Waals surface area contributed by atoms with E-state index >= 15 is 0 Å². The summed E-state index contributed by atoms with van der Waals surface area (Å²) in [7, 11) is 0. The Morgan fingerprint density at radius 3 is 3.10 bits per heavy atom. The zero-order valence-electron chi connectivity index (χ0n) is 6.08. The number of aliphatic hydroxyl groups is 1. The highest BCUT2D eigenvalue weighted by atomic mass is 16.5. The van der Waals surface area contributed by atoms with Crippen LogP contribution < -0.4 is 0 Å². The molecule has 0 bridgehead atoms. The van der Waals surface area contributed by atoms with Crippen LogP contribution in [-0.2, 0) is 9.47 Å². The van der Waals surface area contributed by atoms with E-state index in [4.69, 9.17) is 14.6 Å². The lowest BCUT2D eigenvalue weighted by Crippen LogP contribution is -2.15. The fourth-order valence-electron chi connectivity index (χ4n) is 1.06. The third kappa shape index (κ3) is 2.64. The van der Waals surface area contributed by atoms with Crippen molar-refractivity contribution >= 4 is 0 Å². The smallest absolute Gasteiger partial charge is 0.0809 e. The first-order valence-corrected chi connectivity index (χ1v) is 3.73. The van der Waals surface area contributed by atoms with E-state index in [9.17, 15) is 0 Å². The number of hydrogen-bond acceptors (Lipinski definition) is 3. The molecule has 0 aliphatic carbocycles. The van der Waals surface area contributed by atoms with Gasteiger partial charge in [-0.05, 0) is 12.8 Å². The van der Waals surface area contributed by atoms with Gasteiger partial charge in [-0.15, -0.1) is 0 Å². The maximum atomic E-state index is 8.37. The molecule has 1 aliphatic rings. The molecule has 0 aromatic heterocycles. The second kappa shape index (κ2) is 4.66. The van der Waals surface area contributed by atoms with Gasteiger partial charge in [-0.1, -0.05) is 0 Å². The SMILES string of the molecule is OCCOCC1CCCO1. The molecule has 0 aromatic rings. The van der Waals surface area contributed by atoms with Crippen LogP contribution in [0, 0.1) is 0 Å². The van der Waals surface area contributed by atoms with Gasteiger partial charge in [0.05, 0.1) is 25.9 Å². The maximum absolute atomic E-state index is 8.37. The Balaban J connectivity index is 1.91. The average Bonchev–Trinajstić information content (AvgIpc) is 2.41. The van der Waals surface area contributed by atoms with Crippen LogP contribution >= 0.6 is 0 Å². The fourth-order valence-corrected chi connectivity index (χ4v) is 1.06.